The molecule has 2 heteroatoms. The molecule has 0 spiro atoms. The lowest BCUT2D eigenvalue weighted by Gasteiger charge is -2.09. The third-order valence-corrected chi connectivity index (χ3v) is 3.55. The topological polar surface area (TPSA) is 21.3 Å². The molecule has 0 aliphatic heterocycles. The second-order valence-electron chi connectivity index (χ2n) is 5.61. The summed E-state index contributed by atoms with van der Waals surface area (Å²) < 4.78 is 5.83. The van der Waals surface area contributed by atoms with Gasteiger partial charge in [-0.05, 0) is 41.3 Å². The Kier molecular flexibility index (Phi) is 5.82. The van der Waals surface area contributed by atoms with Crippen molar-refractivity contribution in [3.05, 3.63) is 65.2 Å². The maximum absolute atomic E-state index is 5.83. The molecule has 0 aliphatic rings. The van der Waals surface area contributed by atoms with Crippen LogP contribution in [0.15, 0.2) is 48.5 Å². The lowest BCUT2D eigenvalue weighted by molar-refractivity contribution is 0.306. The van der Waals surface area contributed by atoms with E-state index < -0.39 is 0 Å². The van der Waals surface area contributed by atoms with Gasteiger partial charge in [0.1, 0.15) is 12.4 Å². The van der Waals surface area contributed by atoms with Crippen molar-refractivity contribution >= 4 is 0 Å². The van der Waals surface area contributed by atoms with Gasteiger partial charge in [0.05, 0.1) is 0 Å². The van der Waals surface area contributed by atoms with Gasteiger partial charge in [-0.25, -0.2) is 0 Å². The molecule has 112 valence electrons. The summed E-state index contributed by atoms with van der Waals surface area (Å²) in [5.74, 6) is 1.49. The van der Waals surface area contributed by atoms with E-state index in [1.165, 1.54) is 16.7 Å². The van der Waals surface area contributed by atoms with Crippen LogP contribution in [0.25, 0.3) is 0 Å². The molecule has 1 N–H and O–H groups in total. The van der Waals surface area contributed by atoms with E-state index in [-0.39, 0.29) is 0 Å². The van der Waals surface area contributed by atoms with Crippen LogP contribution in [0.5, 0.6) is 5.75 Å². The molecule has 2 aromatic rings. The minimum Gasteiger partial charge on any atom is -0.489 e. The Morgan fingerprint density at radius 2 is 1.52 bits per heavy atom. The minimum atomic E-state index is 0.573. The van der Waals surface area contributed by atoms with Crippen LogP contribution in [0.1, 0.15) is 43.4 Å². The third kappa shape index (κ3) is 4.91. The van der Waals surface area contributed by atoms with E-state index in [1.54, 1.807) is 0 Å². The molecule has 0 amide bonds. The number of nitrogens with one attached hydrogen (secondary N) is 1. The molecule has 0 atom stereocenters. The van der Waals surface area contributed by atoms with E-state index in [1.807, 2.05) is 12.1 Å². The standard InChI is InChI=1S/C19H25NO/c1-4-20-13-16-7-11-19(12-8-16)21-14-17-5-9-18(10-6-17)15(2)3/h5-12,15,20H,4,13-14H2,1-3H3. The van der Waals surface area contributed by atoms with Crippen LogP contribution < -0.4 is 10.1 Å². The first-order valence-corrected chi connectivity index (χ1v) is 7.70. The molecular weight excluding hydrogens is 258 g/mol. The number of ether oxygens (including phenoxy) is 1. The van der Waals surface area contributed by atoms with Crippen LogP contribution in [0, 0.1) is 0 Å². The largest absolute Gasteiger partial charge is 0.489 e. The Morgan fingerprint density at radius 3 is 2.10 bits per heavy atom. The molecule has 2 aromatic carbocycles. The molecule has 0 radical (unpaired) electrons. The summed E-state index contributed by atoms with van der Waals surface area (Å²) >= 11 is 0. The highest BCUT2D eigenvalue weighted by molar-refractivity contribution is 5.28. The van der Waals surface area contributed by atoms with Gasteiger partial charge in [-0.3, -0.25) is 0 Å². The van der Waals surface area contributed by atoms with E-state index in [0.717, 1.165) is 18.8 Å². The molecule has 0 saturated heterocycles. The zero-order valence-corrected chi connectivity index (χ0v) is 13.2. The van der Waals surface area contributed by atoms with E-state index in [0.29, 0.717) is 12.5 Å². The molecular formula is C19H25NO. The molecule has 0 unspecified atom stereocenters. The second-order valence-corrected chi connectivity index (χ2v) is 5.61. The summed E-state index contributed by atoms with van der Waals surface area (Å²) in [7, 11) is 0. The van der Waals surface area contributed by atoms with Crippen molar-refractivity contribution in [2.75, 3.05) is 6.54 Å². The van der Waals surface area contributed by atoms with Crippen molar-refractivity contribution in [2.45, 2.75) is 39.8 Å². The van der Waals surface area contributed by atoms with Gasteiger partial charge in [0.25, 0.3) is 0 Å². The van der Waals surface area contributed by atoms with Crippen molar-refractivity contribution in [1.82, 2.24) is 5.32 Å². The fraction of sp³-hybridized carbons (Fsp3) is 0.368. The third-order valence-electron chi connectivity index (χ3n) is 3.55. The Balaban J connectivity index is 1.87. The lowest BCUT2D eigenvalue weighted by Crippen LogP contribution is -2.11. The fourth-order valence-electron chi connectivity index (χ4n) is 2.14. The highest BCUT2D eigenvalue weighted by Gasteiger charge is 2.00. The minimum absolute atomic E-state index is 0.573. The van der Waals surface area contributed by atoms with Gasteiger partial charge in [-0.1, -0.05) is 57.2 Å². The highest BCUT2D eigenvalue weighted by atomic mass is 16.5. The zero-order chi connectivity index (χ0) is 15.1. The summed E-state index contributed by atoms with van der Waals surface area (Å²) in [5.41, 5.74) is 3.85. The number of hydrogen-bond acceptors (Lipinski definition) is 2. The van der Waals surface area contributed by atoms with Gasteiger partial charge >= 0.3 is 0 Å². The predicted molar refractivity (Wildman–Crippen MR) is 88.7 cm³/mol. The van der Waals surface area contributed by atoms with Gasteiger partial charge in [0.15, 0.2) is 0 Å². The lowest BCUT2D eigenvalue weighted by atomic mass is 10.0. The quantitative estimate of drug-likeness (QED) is 0.808. The first kappa shape index (κ1) is 15.6. The van der Waals surface area contributed by atoms with Gasteiger partial charge in [0, 0.05) is 6.54 Å². The Bertz CT molecular complexity index is 528. The summed E-state index contributed by atoms with van der Waals surface area (Å²) in [6, 6.07) is 17.0. The van der Waals surface area contributed by atoms with Crippen LogP contribution in [0.4, 0.5) is 0 Å². The second kappa shape index (κ2) is 7.84. The van der Waals surface area contributed by atoms with E-state index in [4.69, 9.17) is 4.74 Å². The normalized spacial score (nSPS) is 10.9. The van der Waals surface area contributed by atoms with Crippen LogP contribution >= 0.6 is 0 Å². The molecule has 2 nitrogen and oxygen atoms in total. The van der Waals surface area contributed by atoms with Crippen molar-refractivity contribution in [3.8, 4) is 5.75 Å². The SMILES string of the molecule is CCNCc1ccc(OCc2ccc(C(C)C)cc2)cc1. The van der Waals surface area contributed by atoms with Crippen molar-refractivity contribution in [3.63, 3.8) is 0 Å². The van der Waals surface area contributed by atoms with Crippen molar-refractivity contribution in [1.29, 1.82) is 0 Å². The van der Waals surface area contributed by atoms with E-state index in [2.05, 4.69) is 62.5 Å². The molecule has 0 bridgehead atoms. The van der Waals surface area contributed by atoms with Crippen LogP contribution in [-0.2, 0) is 13.2 Å². The van der Waals surface area contributed by atoms with Crippen molar-refractivity contribution in [2.24, 2.45) is 0 Å². The Labute approximate surface area is 128 Å². The molecule has 0 aliphatic carbocycles. The van der Waals surface area contributed by atoms with E-state index >= 15 is 0 Å². The highest BCUT2D eigenvalue weighted by Crippen LogP contribution is 2.17. The molecule has 0 heterocycles. The first-order valence-electron chi connectivity index (χ1n) is 7.70. The van der Waals surface area contributed by atoms with Gasteiger partial charge < -0.3 is 10.1 Å². The Hall–Kier alpha value is -1.80. The van der Waals surface area contributed by atoms with Crippen LogP contribution in [0.3, 0.4) is 0 Å². The summed E-state index contributed by atoms with van der Waals surface area (Å²) in [4.78, 5) is 0. The maximum atomic E-state index is 5.83. The van der Waals surface area contributed by atoms with Crippen LogP contribution in [-0.4, -0.2) is 6.54 Å². The predicted octanol–water partition coefficient (Wildman–Crippen LogP) is 4.50. The molecule has 0 aromatic heterocycles. The molecule has 2 rings (SSSR count). The number of rotatable bonds is 7. The number of hydrogen-bond donors (Lipinski definition) is 1. The Morgan fingerprint density at radius 1 is 0.905 bits per heavy atom. The zero-order valence-electron chi connectivity index (χ0n) is 13.2. The first-order chi connectivity index (χ1) is 10.2. The van der Waals surface area contributed by atoms with Gasteiger partial charge in [-0.2, -0.15) is 0 Å². The fourth-order valence-corrected chi connectivity index (χ4v) is 2.14. The summed E-state index contributed by atoms with van der Waals surface area (Å²) in [6.45, 7) is 9.05. The summed E-state index contributed by atoms with van der Waals surface area (Å²) in [5, 5.41) is 3.32. The number of benzene rings is 2. The average molecular weight is 283 g/mol. The van der Waals surface area contributed by atoms with Gasteiger partial charge in [-0.15, -0.1) is 0 Å². The summed E-state index contributed by atoms with van der Waals surface area (Å²) in [6.07, 6.45) is 0. The van der Waals surface area contributed by atoms with Crippen molar-refractivity contribution < 1.29 is 4.74 Å². The van der Waals surface area contributed by atoms with E-state index in [9.17, 15) is 0 Å². The average Bonchev–Trinajstić information content (AvgIpc) is 2.52. The van der Waals surface area contributed by atoms with Crippen LogP contribution in [0.2, 0.25) is 0 Å². The van der Waals surface area contributed by atoms with Gasteiger partial charge in [0.2, 0.25) is 0 Å². The smallest absolute Gasteiger partial charge is 0.119 e. The maximum Gasteiger partial charge on any atom is 0.119 e. The molecule has 21 heavy (non-hydrogen) atoms. The molecule has 0 fully saturated rings. The monoisotopic (exact) mass is 283 g/mol. The molecule has 0 saturated carbocycles.